The van der Waals surface area contributed by atoms with E-state index in [2.05, 4.69) is 5.32 Å². The molecule has 1 rings (SSSR count). The van der Waals surface area contributed by atoms with Gasteiger partial charge in [0.25, 0.3) is 5.91 Å². The van der Waals surface area contributed by atoms with E-state index in [4.69, 9.17) is 23.2 Å². The van der Waals surface area contributed by atoms with Crippen LogP contribution >= 0.6 is 23.2 Å². The van der Waals surface area contributed by atoms with Crippen molar-refractivity contribution in [2.24, 2.45) is 0 Å². The van der Waals surface area contributed by atoms with Gasteiger partial charge < -0.3 is 10.2 Å². The Morgan fingerprint density at radius 3 is 2.40 bits per heavy atom. The zero-order valence-electron chi connectivity index (χ0n) is 11.7. The van der Waals surface area contributed by atoms with Gasteiger partial charge in [-0.2, -0.15) is 0 Å². The quantitative estimate of drug-likeness (QED) is 0.907. The van der Waals surface area contributed by atoms with Gasteiger partial charge in [-0.1, -0.05) is 23.2 Å². The van der Waals surface area contributed by atoms with Crippen LogP contribution in [0.25, 0.3) is 0 Å². The molecule has 0 unspecified atom stereocenters. The van der Waals surface area contributed by atoms with Crippen LogP contribution in [0, 0.1) is 0 Å². The van der Waals surface area contributed by atoms with Gasteiger partial charge in [-0.3, -0.25) is 9.59 Å². The van der Waals surface area contributed by atoms with Crippen molar-refractivity contribution in [3.05, 3.63) is 33.8 Å². The van der Waals surface area contributed by atoms with Gasteiger partial charge in [0.05, 0.1) is 10.0 Å². The molecule has 0 aliphatic carbocycles. The van der Waals surface area contributed by atoms with Gasteiger partial charge in [-0.15, -0.1) is 0 Å². The van der Waals surface area contributed by atoms with Gasteiger partial charge in [0.2, 0.25) is 5.91 Å². The molecular weight excluding hydrogens is 299 g/mol. The molecule has 0 fully saturated rings. The van der Waals surface area contributed by atoms with Crippen molar-refractivity contribution >= 4 is 35.0 Å². The first-order valence-electron chi connectivity index (χ1n) is 6.33. The summed E-state index contributed by atoms with van der Waals surface area (Å²) in [6.45, 7) is 6.24. The molecule has 0 bridgehead atoms. The summed E-state index contributed by atoms with van der Waals surface area (Å²) in [7, 11) is 0. The molecule has 0 atom stereocenters. The number of amides is 2. The fraction of sp³-hybridized carbons (Fsp3) is 0.429. The Morgan fingerprint density at radius 2 is 1.90 bits per heavy atom. The summed E-state index contributed by atoms with van der Waals surface area (Å²) >= 11 is 11.7. The van der Waals surface area contributed by atoms with Crippen LogP contribution < -0.4 is 5.32 Å². The lowest BCUT2D eigenvalue weighted by Gasteiger charge is -2.25. The lowest BCUT2D eigenvalue weighted by molar-refractivity contribution is -0.130. The monoisotopic (exact) mass is 316 g/mol. The lowest BCUT2D eigenvalue weighted by atomic mass is 10.2. The fourth-order valence-corrected chi connectivity index (χ4v) is 2.11. The molecule has 2 amide bonds. The molecule has 0 saturated heterocycles. The van der Waals surface area contributed by atoms with E-state index in [1.54, 1.807) is 17.0 Å². The predicted octanol–water partition coefficient (Wildman–Crippen LogP) is 2.98. The summed E-state index contributed by atoms with van der Waals surface area (Å²) in [5, 5.41) is 3.50. The molecule has 0 spiro atoms. The fourth-order valence-electron chi connectivity index (χ4n) is 1.81. The third-order valence-corrected chi connectivity index (χ3v) is 3.59. The molecule has 0 saturated carbocycles. The first-order valence-corrected chi connectivity index (χ1v) is 7.09. The number of carbonyl (C=O) groups excluding carboxylic acids is 2. The molecule has 1 aromatic rings. The van der Waals surface area contributed by atoms with Gasteiger partial charge >= 0.3 is 0 Å². The second-order valence-corrected chi connectivity index (χ2v) is 5.51. The van der Waals surface area contributed by atoms with Crippen LogP contribution in [0.4, 0.5) is 0 Å². The predicted molar refractivity (Wildman–Crippen MR) is 81.3 cm³/mol. The van der Waals surface area contributed by atoms with Gasteiger partial charge in [-0.05, 0) is 32.0 Å². The lowest BCUT2D eigenvalue weighted by Crippen LogP contribution is -2.41. The number of hydrogen-bond donors (Lipinski definition) is 1. The molecule has 0 aliphatic heterocycles. The number of rotatable bonds is 5. The number of nitrogens with one attached hydrogen (secondary N) is 1. The van der Waals surface area contributed by atoms with Crippen molar-refractivity contribution in [3.8, 4) is 0 Å². The molecule has 6 heteroatoms. The van der Waals surface area contributed by atoms with E-state index in [1.165, 1.54) is 13.0 Å². The maximum Gasteiger partial charge on any atom is 0.251 e. The van der Waals surface area contributed by atoms with Crippen LogP contribution in [-0.2, 0) is 4.79 Å². The molecule has 4 nitrogen and oxygen atoms in total. The number of benzene rings is 1. The Labute approximate surface area is 129 Å². The minimum absolute atomic E-state index is 0.0104. The Hall–Kier alpha value is -1.26. The number of hydrogen-bond acceptors (Lipinski definition) is 2. The minimum atomic E-state index is -0.240. The molecule has 20 heavy (non-hydrogen) atoms. The Balaban J connectivity index is 2.55. The van der Waals surface area contributed by atoms with E-state index in [0.717, 1.165) is 0 Å². The first kappa shape index (κ1) is 16.8. The summed E-state index contributed by atoms with van der Waals surface area (Å²) in [6, 6.07) is 4.81. The van der Waals surface area contributed by atoms with Crippen LogP contribution in [0.1, 0.15) is 31.1 Å². The molecule has 0 radical (unpaired) electrons. The number of nitrogens with zero attached hydrogens (tertiary/aromatic N) is 1. The van der Waals surface area contributed by atoms with Crippen LogP contribution in [-0.4, -0.2) is 35.8 Å². The van der Waals surface area contributed by atoms with E-state index >= 15 is 0 Å². The zero-order valence-corrected chi connectivity index (χ0v) is 13.3. The Kier molecular flexibility index (Phi) is 6.30. The van der Waals surface area contributed by atoms with Crippen molar-refractivity contribution in [1.82, 2.24) is 10.2 Å². The van der Waals surface area contributed by atoms with Crippen molar-refractivity contribution in [2.45, 2.75) is 26.8 Å². The molecule has 0 aliphatic rings. The van der Waals surface area contributed by atoms with E-state index < -0.39 is 0 Å². The summed E-state index contributed by atoms with van der Waals surface area (Å²) in [6.07, 6.45) is 0. The zero-order chi connectivity index (χ0) is 15.3. The standard InChI is InChI=1S/C14H18Cl2N2O2/c1-9(2)18(10(3)19)7-6-17-14(20)11-4-5-12(15)13(16)8-11/h4-5,8-9H,6-7H2,1-3H3,(H,17,20). The smallest absolute Gasteiger partial charge is 0.251 e. The van der Waals surface area contributed by atoms with Crippen LogP contribution in [0.2, 0.25) is 10.0 Å². The van der Waals surface area contributed by atoms with Crippen LogP contribution in [0.5, 0.6) is 0 Å². The summed E-state index contributed by atoms with van der Waals surface area (Å²) < 4.78 is 0. The molecule has 0 heterocycles. The molecule has 1 N–H and O–H groups in total. The average Bonchev–Trinajstić information content (AvgIpc) is 2.36. The highest BCUT2D eigenvalue weighted by molar-refractivity contribution is 6.42. The minimum Gasteiger partial charge on any atom is -0.350 e. The highest BCUT2D eigenvalue weighted by atomic mass is 35.5. The van der Waals surface area contributed by atoms with Crippen molar-refractivity contribution < 1.29 is 9.59 Å². The maximum absolute atomic E-state index is 11.9. The first-order chi connectivity index (χ1) is 9.32. The third kappa shape index (κ3) is 4.69. The summed E-state index contributed by atoms with van der Waals surface area (Å²) in [5.41, 5.74) is 0.443. The average molecular weight is 317 g/mol. The summed E-state index contributed by atoms with van der Waals surface area (Å²) in [4.78, 5) is 25.0. The van der Waals surface area contributed by atoms with Crippen molar-refractivity contribution in [3.63, 3.8) is 0 Å². The topological polar surface area (TPSA) is 49.4 Å². The van der Waals surface area contributed by atoms with Gasteiger partial charge in [0.1, 0.15) is 0 Å². The van der Waals surface area contributed by atoms with Gasteiger partial charge in [0.15, 0.2) is 0 Å². The van der Waals surface area contributed by atoms with Crippen molar-refractivity contribution in [1.29, 1.82) is 0 Å². The SMILES string of the molecule is CC(=O)N(CCNC(=O)c1ccc(Cl)c(Cl)c1)C(C)C. The molecule has 1 aromatic carbocycles. The van der Waals surface area contributed by atoms with E-state index in [0.29, 0.717) is 28.7 Å². The number of halogens is 2. The molecule has 0 aromatic heterocycles. The second-order valence-electron chi connectivity index (χ2n) is 4.69. The highest BCUT2D eigenvalue weighted by Crippen LogP contribution is 2.22. The van der Waals surface area contributed by atoms with Gasteiger partial charge in [0, 0.05) is 31.6 Å². The van der Waals surface area contributed by atoms with E-state index in [9.17, 15) is 9.59 Å². The summed E-state index contributed by atoms with van der Waals surface area (Å²) in [5.74, 6) is -0.250. The Bertz CT molecular complexity index is 504. The maximum atomic E-state index is 11.9. The largest absolute Gasteiger partial charge is 0.350 e. The normalized spacial score (nSPS) is 10.5. The van der Waals surface area contributed by atoms with Crippen LogP contribution in [0.15, 0.2) is 18.2 Å². The van der Waals surface area contributed by atoms with Crippen molar-refractivity contribution in [2.75, 3.05) is 13.1 Å². The number of carbonyl (C=O) groups is 2. The molecule has 110 valence electrons. The van der Waals surface area contributed by atoms with E-state index in [-0.39, 0.29) is 17.9 Å². The molecular formula is C14H18Cl2N2O2. The highest BCUT2D eigenvalue weighted by Gasteiger charge is 2.13. The van der Waals surface area contributed by atoms with Crippen LogP contribution in [0.3, 0.4) is 0 Å². The third-order valence-electron chi connectivity index (χ3n) is 2.85. The van der Waals surface area contributed by atoms with Gasteiger partial charge in [-0.25, -0.2) is 0 Å². The van der Waals surface area contributed by atoms with E-state index in [1.807, 2.05) is 13.8 Å². The second kappa shape index (κ2) is 7.50. The Morgan fingerprint density at radius 1 is 1.25 bits per heavy atom.